The molecule has 0 aliphatic carbocycles. The molecule has 2 nitrogen and oxygen atoms in total. The largest absolute Gasteiger partial charge is 0.396 e. The van der Waals surface area contributed by atoms with Crippen LogP contribution in [0.3, 0.4) is 0 Å². The molecule has 0 amide bonds. The molecule has 2 atom stereocenters. The Morgan fingerprint density at radius 2 is 1.76 bits per heavy atom. The van der Waals surface area contributed by atoms with Crippen molar-refractivity contribution in [3.8, 4) is 0 Å². The molecule has 102 valence electrons. The summed E-state index contributed by atoms with van der Waals surface area (Å²) >= 11 is 0. The van der Waals surface area contributed by atoms with Gasteiger partial charge in [-0.3, -0.25) is 0 Å². The van der Waals surface area contributed by atoms with Crippen LogP contribution in [-0.4, -0.2) is 24.4 Å². The van der Waals surface area contributed by atoms with E-state index in [-0.39, 0.29) is 0 Å². The molecular weight excluding hydrogens is 212 g/mol. The van der Waals surface area contributed by atoms with Gasteiger partial charge in [-0.15, -0.1) is 0 Å². The Labute approximate surface area is 107 Å². The minimum Gasteiger partial charge on any atom is -0.396 e. The smallest absolute Gasteiger partial charge is 0.0625 e. The molecule has 1 N–H and O–H groups in total. The van der Waals surface area contributed by atoms with Crippen LogP contribution >= 0.6 is 0 Å². The molecule has 1 fully saturated rings. The normalized spacial score (nSPS) is 25.1. The second-order valence-corrected chi connectivity index (χ2v) is 5.40. The number of hydrogen-bond donors (Lipinski definition) is 1. The van der Waals surface area contributed by atoms with Crippen LogP contribution in [0.1, 0.15) is 71.1 Å². The lowest BCUT2D eigenvalue weighted by atomic mass is 9.91. The Morgan fingerprint density at radius 3 is 2.47 bits per heavy atom. The Morgan fingerprint density at radius 1 is 1.06 bits per heavy atom. The maximum absolute atomic E-state index is 9.28. The second kappa shape index (κ2) is 9.90. The molecule has 1 aliphatic heterocycles. The van der Waals surface area contributed by atoms with Crippen LogP contribution in [-0.2, 0) is 4.74 Å². The number of ether oxygens (including phenoxy) is 1. The fourth-order valence-electron chi connectivity index (χ4n) is 2.73. The highest BCUT2D eigenvalue weighted by molar-refractivity contribution is 4.73. The molecule has 0 spiro atoms. The molecule has 2 unspecified atom stereocenters. The van der Waals surface area contributed by atoms with Crippen LogP contribution in [0, 0.1) is 5.92 Å². The fourth-order valence-corrected chi connectivity index (χ4v) is 2.73. The summed E-state index contributed by atoms with van der Waals surface area (Å²) in [4.78, 5) is 0. The molecule has 0 aromatic rings. The minimum absolute atomic E-state index is 0.307. The van der Waals surface area contributed by atoms with Crippen LogP contribution in [0.4, 0.5) is 0 Å². The molecule has 0 bridgehead atoms. The Balaban J connectivity index is 1.97. The first-order valence-electron chi connectivity index (χ1n) is 7.61. The molecule has 1 saturated heterocycles. The van der Waals surface area contributed by atoms with Crippen LogP contribution in [0.5, 0.6) is 0 Å². The van der Waals surface area contributed by atoms with Gasteiger partial charge in [0.15, 0.2) is 0 Å². The van der Waals surface area contributed by atoms with E-state index in [4.69, 9.17) is 4.74 Å². The summed E-state index contributed by atoms with van der Waals surface area (Å²) in [5, 5.41) is 9.28. The van der Waals surface area contributed by atoms with Gasteiger partial charge in [-0.25, -0.2) is 0 Å². The van der Waals surface area contributed by atoms with E-state index in [0.717, 1.165) is 25.9 Å². The lowest BCUT2D eigenvalue weighted by Crippen LogP contribution is -2.31. The van der Waals surface area contributed by atoms with Crippen molar-refractivity contribution >= 4 is 0 Å². The fraction of sp³-hybridized carbons (Fsp3) is 1.00. The topological polar surface area (TPSA) is 29.5 Å². The van der Waals surface area contributed by atoms with Crippen molar-refractivity contribution in [2.24, 2.45) is 5.92 Å². The van der Waals surface area contributed by atoms with E-state index < -0.39 is 0 Å². The number of aliphatic hydroxyl groups excluding tert-OH is 1. The van der Waals surface area contributed by atoms with E-state index in [9.17, 15) is 5.11 Å². The lowest BCUT2D eigenvalue weighted by molar-refractivity contribution is -0.0484. The van der Waals surface area contributed by atoms with Crippen molar-refractivity contribution < 1.29 is 9.84 Å². The van der Waals surface area contributed by atoms with Crippen molar-refractivity contribution in [2.75, 3.05) is 13.2 Å². The predicted octanol–water partition coefficient (Wildman–Crippen LogP) is 3.91. The summed E-state index contributed by atoms with van der Waals surface area (Å²) in [6, 6.07) is 0. The second-order valence-electron chi connectivity index (χ2n) is 5.40. The highest BCUT2D eigenvalue weighted by Gasteiger charge is 2.24. The summed E-state index contributed by atoms with van der Waals surface area (Å²) in [6.07, 6.45) is 13.2. The van der Waals surface area contributed by atoms with Gasteiger partial charge in [-0.1, -0.05) is 51.9 Å². The third-order valence-electron chi connectivity index (χ3n) is 3.90. The van der Waals surface area contributed by atoms with Gasteiger partial charge in [-0.05, 0) is 19.3 Å². The van der Waals surface area contributed by atoms with Gasteiger partial charge in [0, 0.05) is 19.1 Å². The molecule has 0 radical (unpaired) electrons. The van der Waals surface area contributed by atoms with E-state index in [1.54, 1.807) is 0 Å². The predicted molar refractivity (Wildman–Crippen MR) is 72.2 cm³/mol. The Bertz CT molecular complexity index is 170. The van der Waals surface area contributed by atoms with Crippen LogP contribution in [0.2, 0.25) is 0 Å². The van der Waals surface area contributed by atoms with Gasteiger partial charge in [-0.2, -0.15) is 0 Å². The van der Waals surface area contributed by atoms with Crippen LogP contribution in [0.25, 0.3) is 0 Å². The van der Waals surface area contributed by atoms with E-state index in [0.29, 0.717) is 18.6 Å². The first kappa shape index (κ1) is 15.0. The van der Waals surface area contributed by atoms with Crippen LogP contribution < -0.4 is 0 Å². The molecular formula is C15H30O2. The maximum Gasteiger partial charge on any atom is 0.0625 e. The molecule has 0 saturated carbocycles. The molecule has 17 heavy (non-hydrogen) atoms. The highest BCUT2D eigenvalue weighted by Crippen LogP contribution is 2.24. The molecule has 2 heteroatoms. The molecule has 1 aliphatic rings. The zero-order chi connectivity index (χ0) is 12.3. The molecule has 1 heterocycles. The summed E-state index contributed by atoms with van der Waals surface area (Å²) in [6.45, 7) is 3.47. The summed E-state index contributed by atoms with van der Waals surface area (Å²) in [5.41, 5.74) is 0. The number of rotatable bonds is 9. The van der Waals surface area contributed by atoms with Gasteiger partial charge >= 0.3 is 0 Å². The third-order valence-corrected chi connectivity index (χ3v) is 3.90. The van der Waals surface area contributed by atoms with Gasteiger partial charge in [0.1, 0.15) is 0 Å². The van der Waals surface area contributed by atoms with E-state index in [1.807, 2.05) is 0 Å². The lowest BCUT2D eigenvalue weighted by Gasteiger charge is -2.30. The SMILES string of the molecule is CCCCCCCCCC1OCCCC1CO. The highest BCUT2D eigenvalue weighted by atomic mass is 16.5. The minimum atomic E-state index is 0.307. The molecule has 1 rings (SSSR count). The van der Waals surface area contributed by atoms with Gasteiger partial charge in [0.25, 0.3) is 0 Å². The van der Waals surface area contributed by atoms with Crippen molar-refractivity contribution in [1.82, 2.24) is 0 Å². The monoisotopic (exact) mass is 242 g/mol. The van der Waals surface area contributed by atoms with E-state index >= 15 is 0 Å². The zero-order valence-corrected chi connectivity index (χ0v) is 11.5. The summed E-state index contributed by atoms with van der Waals surface area (Å²) in [7, 11) is 0. The third kappa shape index (κ3) is 6.42. The van der Waals surface area contributed by atoms with Crippen molar-refractivity contribution in [3.63, 3.8) is 0 Å². The standard InChI is InChI=1S/C15H30O2/c1-2-3-4-5-6-7-8-11-15-14(13-16)10-9-12-17-15/h14-16H,2-13H2,1H3. The Hall–Kier alpha value is -0.0800. The van der Waals surface area contributed by atoms with E-state index in [1.165, 1.54) is 44.9 Å². The van der Waals surface area contributed by atoms with Crippen molar-refractivity contribution in [2.45, 2.75) is 77.2 Å². The van der Waals surface area contributed by atoms with Gasteiger partial charge in [0.05, 0.1) is 6.10 Å². The maximum atomic E-state index is 9.28. The van der Waals surface area contributed by atoms with Crippen LogP contribution in [0.15, 0.2) is 0 Å². The Kier molecular flexibility index (Phi) is 8.72. The average molecular weight is 242 g/mol. The van der Waals surface area contributed by atoms with Gasteiger partial charge < -0.3 is 9.84 Å². The summed E-state index contributed by atoms with van der Waals surface area (Å²) < 4.78 is 5.77. The number of unbranched alkanes of at least 4 members (excludes halogenated alkanes) is 6. The summed E-state index contributed by atoms with van der Waals surface area (Å²) in [5.74, 6) is 0.406. The van der Waals surface area contributed by atoms with E-state index in [2.05, 4.69) is 6.92 Å². The average Bonchev–Trinajstić information content (AvgIpc) is 2.38. The quantitative estimate of drug-likeness (QED) is 0.621. The van der Waals surface area contributed by atoms with Crippen molar-refractivity contribution in [3.05, 3.63) is 0 Å². The number of hydrogen-bond acceptors (Lipinski definition) is 2. The zero-order valence-electron chi connectivity index (χ0n) is 11.5. The van der Waals surface area contributed by atoms with Crippen molar-refractivity contribution in [1.29, 1.82) is 0 Å². The molecule has 0 aromatic carbocycles. The van der Waals surface area contributed by atoms with Gasteiger partial charge in [0.2, 0.25) is 0 Å². The first-order chi connectivity index (χ1) is 8.38. The molecule has 0 aromatic heterocycles. The first-order valence-corrected chi connectivity index (χ1v) is 7.61. The number of aliphatic hydroxyl groups is 1.